The minimum absolute atomic E-state index is 0.0111. The zero-order chi connectivity index (χ0) is 27.1. The summed E-state index contributed by atoms with van der Waals surface area (Å²) in [7, 11) is 1.52. The first kappa shape index (κ1) is 25.8. The SMILES string of the molecule is COc1cc(C)c(/C(O)=C2\C(=O)C(=O)N(c3cccc(OC(F)(F)F)c3)C2c2cccc(C)c2)cc1C. The molecule has 6 nitrogen and oxygen atoms in total. The van der Waals surface area contributed by atoms with Crippen LogP contribution >= 0.6 is 0 Å². The van der Waals surface area contributed by atoms with Crippen molar-refractivity contribution in [2.45, 2.75) is 33.2 Å². The molecule has 0 aromatic heterocycles. The van der Waals surface area contributed by atoms with Crippen molar-refractivity contribution in [3.05, 3.63) is 94.1 Å². The number of carbonyl (C=O) groups excluding carboxylic acids is 2. The summed E-state index contributed by atoms with van der Waals surface area (Å²) in [6.07, 6.45) is -4.94. The van der Waals surface area contributed by atoms with E-state index < -0.39 is 35.6 Å². The van der Waals surface area contributed by atoms with Gasteiger partial charge in [-0.05, 0) is 61.7 Å². The van der Waals surface area contributed by atoms with Gasteiger partial charge in [0.1, 0.15) is 17.3 Å². The second kappa shape index (κ2) is 9.65. The molecular formula is C28H24F3NO5. The first-order valence-corrected chi connectivity index (χ1v) is 11.3. The maximum Gasteiger partial charge on any atom is 0.573 e. The summed E-state index contributed by atoms with van der Waals surface area (Å²) in [5.74, 6) is -2.29. The number of benzene rings is 3. The molecule has 0 aliphatic carbocycles. The smallest absolute Gasteiger partial charge is 0.507 e. The first-order chi connectivity index (χ1) is 17.4. The minimum atomic E-state index is -4.94. The highest BCUT2D eigenvalue weighted by Gasteiger charge is 2.47. The normalized spacial score (nSPS) is 17.3. The molecule has 3 aromatic rings. The summed E-state index contributed by atoms with van der Waals surface area (Å²) in [5.41, 5.74) is 2.81. The lowest BCUT2D eigenvalue weighted by Crippen LogP contribution is -2.29. The van der Waals surface area contributed by atoms with E-state index in [1.807, 2.05) is 13.0 Å². The van der Waals surface area contributed by atoms with Gasteiger partial charge in [-0.2, -0.15) is 0 Å². The fraction of sp³-hybridized carbons (Fsp3) is 0.214. The van der Waals surface area contributed by atoms with Gasteiger partial charge in [0.2, 0.25) is 0 Å². The zero-order valence-corrected chi connectivity index (χ0v) is 20.5. The molecule has 4 rings (SSSR count). The summed E-state index contributed by atoms with van der Waals surface area (Å²) in [4.78, 5) is 27.8. The molecular weight excluding hydrogens is 487 g/mol. The molecule has 0 bridgehead atoms. The fourth-order valence-corrected chi connectivity index (χ4v) is 4.49. The van der Waals surface area contributed by atoms with E-state index in [0.717, 1.165) is 22.6 Å². The number of carbonyl (C=O) groups is 2. The standard InChI is InChI=1S/C28H24F3NO5/c1-15-7-5-8-18(11-15)24-23(25(33)21-12-17(3)22(36-4)13-16(21)2)26(34)27(35)32(24)19-9-6-10-20(14-19)37-28(29,30)31/h5-14,24,33H,1-4H3/b25-23+. The Bertz CT molecular complexity index is 1430. The van der Waals surface area contributed by atoms with Gasteiger partial charge in [-0.3, -0.25) is 14.5 Å². The van der Waals surface area contributed by atoms with Gasteiger partial charge in [-0.25, -0.2) is 0 Å². The maximum atomic E-state index is 13.4. The van der Waals surface area contributed by atoms with E-state index in [0.29, 0.717) is 28.0 Å². The van der Waals surface area contributed by atoms with Crippen molar-refractivity contribution >= 4 is 23.1 Å². The molecule has 1 amide bonds. The van der Waals surface area contributed by atoms with Crippen LogP contribution in [0.4, 0.5) is 18.9 Å². The van der Waals surface area contributed by atoms with Crippen LogP contribution in [0.3, 0.4) is 0 Å². The lowest BCUT2D eigenvalue weighted by Gasteiger charge is -2.26. The van der Waals surface area contributed by atoms with Gasteiger partial charge in [0.15, 0.2) is 0 Å². The average Bonchev–Trinajstić information content (AvgIpc) is 3.09. The van der Waals surface area contributed by atoms with Crippen LogP contribution in [-0.4, -0.2) is 30.3 Å². The van der Waals surface area contributed by atoms with Crippen molar-refractivity contribution in [1.82, 2.24) is 0 Å². The quantitative estimate of drug-likeness (QED) is 0.253. The number of Topliss-reactive ketones (excluding diaryl/α,β-unsaturated/α-hetero) is 1. The highest BCUT2D eigenvalue weighted by molar-refractivity contribution is 6.51. The van der Waals surface area contributed by atoms with Gasteiger partial charge in [-0.15, -0.1) is 13.2 Å². The van der Waals surface area contributed by atoms with Crippen LogP contribution in [0.15, 0.2) is 66.2 Å². The lowest BCUT2D eigenvalue weighted by molar-refractivity contribution is -0.274. The Balaban J connectivity index is 1.94. The molecule has 0 radical (unpaired) electrons. The molecule has 0 saturated carbocycles. The Hall–Kier alpha value is -4.27. The van der Waals surface area contributed by atoms with Crippen molar-refractivity contribution in [3.63, 3.8) is 0 Å². The van der Waals surface area contributed by atoms with Gasteiger partial charge in [-0.1, -0.05) is 35.9 Å². The minimum Gasteiger partial charge on any atom is -0.507 e. The van der Waals surface area contributed by atoms with E-state index in [1.165, 1.54) is 19.2 Å². The number of amides is 1. The lowest BCUT2D eigenvalue weighted by atomic mass is 9.92. The molecule has 192 valence electrons. The number of hydrogen-bond acceptors (Lipinski definition) is 5. The Morgan fingerprint density at radius 1 is 0.946 bits per heavy atom. The number of nitrogens with zero attached hydrogens (tertiary/aromatic N) is 1. The van der Waals surface area contributed by atoms with Crippen LogP contribution in [0.2, 0.25) is 0 Å². The van der Waals surface area contributed by atoms with E-state index in [4.69, 9.17) is 4.74 Å². The number of aliphatic hydroxyl groups excluding tert-OH is 1. The number of hydrogen-bond donors (Lipinski definition) is 1. The summed E-state index contributed by atoms with van der Waals surface area (Å²) in [6.45, 7) is 5.33. The molecule has 1 aliphatic heterocycles. The van der Waals surface area contributed by atoms with Crippen LogP contribution in [0.1, 0.15) is 33.9 Å². The van der Waals surface area contributed by atoms with Crippen molar-refractivity contribution in [2.24, 2.45) is 0 Å². The molecule has 37 heavy (non-hydrogen) atoms. The fourth-order valence-electron chi connectivity index (χ4n) is 4.49. The summed E-state index contributed by atoms with van der Waals surface area (Å²) in [6, 6.07) is 14.1. The Kier molecular flexibility index (Phi) is 6.73. The van der Waals surface area contributed by atoms with Crippen molar-refractivity contribution in [3.8, 4) is 11.5 Å². The van der Waals surface area contributed by atoms with Crippen LogP contribution in [0.5, 0.6) is 11.5 Å². The van der Waals surface area contributed by atoms with Crippen LogP contribution in [-0.2, 0) is 9.59 Å². The summed E-state index contributed by atoms with van der Waals surface area (Å²) < 4.78 is 47.9. The van der Waals surface area contributed by atoms with Crippen molar-refractivity contribution < 1.29 is 37.3 Å². The maximum absolute atomic E-state index is 13.4. The number of ether oxygens (including phenoxy) is 2. The second-order valence-electron chi connectivity index (χ2n) is 8.77. The number of aryl methyl sites for hydroxylation is 3. The molecule has 1 heterocycles. The van der Waals surface area contributed by atoms with E-state index in [2.05, 4.69) is 4.74 Å². The molecule has 1 saturated heterocycles. The number of alkyl halides is 3. The number of rotatable bonds is 5. The largest absolute Gasteiger partial charge is 0.573 e. The third-order valence-electron chi connectivity index (χ3n) is 6.13. The number of halogens is 3. The van der Waals surface area contributed by atoms with Gasteiger partial charge in [0.05, 0.1) is 18.7 Å². The second-order valence-corrected chi connectivity index (χ2v) is 8.77. The highest BCUT2D eigenvalue weighted by Crippen LogP contribution is 2.44. The third kappa shape index (κ3) is 5.02. The molecule has 9 heteroatoms. The van der Waals surface area contributed by atoms with Gasteiger partial charge >= 0.3 is 6.36 Å². The molecule has 0 spiro atoms. The topological polar surface area (TPSA) is 76.1 Å². The van der Waals surface area contributed by atoms with E-state index in [-0.39, 0.29) is 11.3 Å². The molecule has 1 atom stereocenters. The van der Waals surface area contributed by atoms with Crippen LogP contribution in [0.25, 0.3) is 5.76 Å². The Morgan fingerprint density at radius 2 is 1.65 bits per heavy atom. The van der Waals surface area contributed by atoms with E-state index in [9.17, 15) is 27.9 Å². The molecule has 1 unspecified atom stereocenters. The number of ketones is 1. The molecule has 3 aromatic carbocycles. The van der Waals surface area contributed by atoms with Crippen molar-refractivity contribution in [1.29, 1.82) is 0 Å². The third-order valence-corrected chi connectivity index (χ3v) is 6.13. The van der Waals surface area contributed by atoms with Crippen LogP contribution in [0, 0.1) is 20.8 Å². The van der Waals surface area contributed by atoms with Crippen molar-refractivity contribution in [2.75, 3.05) is 12.0 Å². The first-order valence-electron chi connectivity index (χ1n) is 11.3. The number of anilines is 1. The molecule has 1 N–H and O–H groups in total. The predicted molar refractivity (Wildman–Crippen MR) is 132 cm³/mol. The highest BCUT2D eigenvalue weighted by atomic mass is 19.4. The zero-order valence-electron chi connectivity index (χ0n) is 20.5. The molecule has 1 aliphatic rings. The van der Waals surface area contributed by atoms with Crippen LogP contribution < -0.4 is 14.4 Å². The van der Waals surface area contributed by atoms with E-state index >= 15 is 0 Å². The summed E-state index contributed by atoms with van der Waals surface area (Å²) in [5, 5.41) is 11.4. The molecule has 1 fully saturated rings. The summed E-state index contributed by atoms with van der Waals surface area (Å²) >= 11 is 0. The number of methoxy groups -OCH3 is 1. The van der Waals surface area contributed by atoms with Gasteiger partial charge < -0.3 is 14.6 Å². The van der Waals surface area contributed by atoms with Gasteiger partial charge in [0.25, 0.3) is 11.7 Å². The van der Waals surface area contributed by atoms with Gasteiger partial charge in [0, 0.05) is 17.3 Å². The Labute approximate surface area is 211 Å². The number of aliphatic hydroxyl groups is 1. The Morgan fingerprint density at radius 3 is 2.30 bits per heavy atom. The average molecular weight is 511 g/mol. The van der Waals surface area contributed by atoms with E-state index in [1.54, 1.807) is 44.2 Å². The monoisotopic (exact) mass is 511 g/mol. The predicted octanol–water partition coefficient (Wildman–Crippen LogP) is 6.15.